The maximum absolute atomic E-state index is 13.5. The van der Waals surface area contributed by atoms with Crippen LogP contribution in [0, 0.1) is 5.92 Å². The normalized spacial score (nSPS) is 22.1. The maximum atomic E-state index is 13.5. The number of ether oxygens (including phenoxy) is 2. The highest BCUT2D eigenvalue weighted by molar-refractivity contribution is 7.92. The number of para-hydroxylation sites is 2. The Kier molecular flexibility index (Phi) is 6.84. The number of likely N-dealkylation sites (tertiary alicyclic amines) is 1. The van der Waals surface area contributed by atoms with E-state index in [1.807, 2.05) is 0 Å². The third-order valence-electron chi connectivity index (χ3n) is 6.98. The molecule has 2 fully saturated rings. The number of sulfonamides is 1. The molecule has 1 saturated heterocycles. The molecule has 4 rings (SSSR count). The summed E-state index contributed by atoms with van der Waals surface area (Å²) in [4.78, 5) is 27.6. The summed E-state index contributed by atoms with van der Waals surface area (Å²) in [6.07, 6.45) is 4.59. The van der Waals surface area contributed by atoms with E-state index >= 15 is 0 Å². The molecule has 34 heavy (non-hydrogen) atoms. The van der Waals surface area contributed by atoms with Gasteiger partial charge in [-0.2, -0.15) is 0 Å². The molecule has 1 aliphatic carbocycles. The second-order valence-electron chi connectivity index (χ2n) is 8.77. The van der Waals surface area contributed by atoms with Gasteiger partial charge in [0.1, 0.15) is 11.8 Å². The first-order valence-corrected chi connectivity index (χ1v) is 12.9. The quantitative estimate of drug-likeness (QED) is 0.581. The molecule has 0 radical (unpaired) electrons. The lowest BCUT2D eigenvalue weighted by atomic mass is 9.84. The second-order valence-corrected chi connectivity index (χ2v) is 10.7. The predicted molar refractivity (Wildman–Crippen MR) is 127 cm³/mol. The van der Waals surface area contributed by atoms with Gasteiger partial charge in [0.05, 0.1) is 24.8 Å². The minimum absolute atomic E-state index is 0.00504. The van der Waals surface area contributed by atoms with Gasteiger partial charge in [-0.1, -0.05) is 25.0 Å². The van der Waals surface area contributed by atoms with Crippen molar-refractivity contribution >= 4 is 27.6 Å². The van der Waals surface area contributed by atoms with E-state index in [0.29, 0.717) is 23.4 Å². The van der Waals surface area contributed by atoms with Crippen LogP contribution in [0.15, 0.2) is 53.4 Å². The largest absolute Gasteiger partial charge is 0.495 e. The van der Waals surface area contributed by atoms with Crippen molar-refractivity contribution < 1.29 is 27.5 Å². The first-order valence-electron chi connectivity index (χ1n) is 11.4. The number of methoxy groups -OCH3 is 2. The fourth-order valence-electron chi connectivity index (χ4n) is 5.19. The molecule has 2 aromatic carbocycles. The molecule has 0 aromatic heterocycles. The highest BCUT2D eigenvalue weighted by Crippen LogP contribution is 2.41. The van der Waals surface area contributed by atoms with E-state index in [1.165, 1.54) is 45.5 Å². The summed E-state index contributed by atoms with van der Waals surface area (Å²) < 4.78 is 37.9. The van der Waals surface area contributed by atoms with Crippen LogP contribution in [-0.4, -0.2) is 58.5 Å². The van der Waals surface area contributed by atoms with Crippen LogP contribution in [0.5, 0.6) is 5.75 Å². The van der Waals surface area contributed by atoms with Gasteiger partial charge in [0.15, 0.2) is 0 Å². The van der Waals surface area contributed by atoms with E-state index in [0.717, 1.165) is 30.0 Å². The van der Waals surface area contributed by atoms with Crippen molar-refractivity contribution in [2.45, 2.75) is 49.1 Å². The Morgan fingerprint density at radius 2 is 1.68 bits per heavy atom. The van der Waals surface area contributed by atoms with Gasteiger partial charge >= 0.3 is 5.97 Å². The number of carbonyl (C=O) groups excluding carboxylic acids is 2. The predicted octanol–water partition coefficient (Wildman–Crippen LogP) is 3.47. The topological polar surface area (TPSA) is 93.2 Å². The molecule has 1 saturated carbocycles. The molecular formula is C25H30N2O6S. The molecular weight excluding hydrogens is 456 g/mol. The molecule has 9 heteroatoms. The molecule has 2 aromatic rings. The van der Waals surface area contributed by atoms with Crippen molar-refractivity contribution in [2.24, 2.45) is 5.92 Å². The van der Waals surface area contributed by atoms with Crippen LogP contribution in [0.25, 0.3) is 0 Å². The van der Waals surface area contributed by atoms with Crippen molar-refractivity contribution in [1.82, 2.24) is 4.90 Å². The highest BCUT2D eigenvalue weighted by Gasteiger charge is 2.48. The number of esters is 1. The van der Waals surface area contributed by atoms with Gasteiger partial charge in [-0.15, -0.1) is 0 Å². The lowest BCUT2D eigenvalue weighted by Gasteiger charge is -2.33. The van der Waals surface area contributed by atoms with Gasteiger partial charge in [-0.3, -0.25) is 9.10 Å². The fraction of sp³-hybridized carbons (Fsp3) is 0.440. The Morgan fingerprint density at radius 1 is 1.00 bits per heavy atom. The number of benzene rings is 2. The Bertz CT molecular complexity index is 1160. The molecule has 8 nitrogen and oxygen atoms in total. The molecule has 0 bridgehead atoms. The zero-order chi connectivity index (χ0) is 24.5. The number of nitrogens with zero attached hydrogens (tertiary/aromatic N) is 2. The van der Waals surface area contributed by atoms with Crippen LogP contribution in [0.2, 0.25) is 0 Å². The summed E-state index contributed by atoms with van der Waals surface area (Å²) in [5, 5.41) is 0. The highest BCUT2D eigenvalue weighted by atomic mass is 32.2. The van der Waals surface area contributed by atoms with Crippen LogP contribution in [0.1, 0.15) is 42.5 Å². The van der Waals surface area contributed by atoms with Crippen LogP contribution in [-0.2, 0) is 19.6 Å². The first-order chi connectivity index (χ1) is 16.3. The Balaban J connectivity index is 1.60. The summed E-state index contributed by atoms with van der Waals surface area (Å²) >= 11 is 0. The van der Waals surface area contributed by atoms with Gasteiger partial charge in [0, 0.05) is 18.7 Å². The number of fused-ring (bicyclic) bond motifs is 1. The molecule has 3 atom stereocenters. The minimum atomic E-state index is -3.88. The second kappa shape index (κ2) is 9.66. The van der Waals surface area contributed by atoms with Crippen LogP contribution >= 0.6 is 0 Å². The van der Waals surface area contributed by atoms with Gasteiger partial charge < -0.3 is 14.4 Å². The van der Waals surface area contributed by atoms with Gasteiger partial charge in [0.2, 0.25) is 0 Å². The summed E-state index contributed by atoms with van der Waals surface area (Å²) in [6.45, 7) is 0. The van der Waals surface area contributed by atoms with E-state index in [1.54, 1.807) is 29.2 Å². The van der Waals surface area contributed by atoms with E-state index < -0.39 is 22.0 Å². The average molecular weight is 487 g/mol. The number of anilines is 1. The molecule has 1 heterocycles. The molecule has 0 N–H and O–H groups in total. The summed E-state index contributed by atoms with van der Waals surface area (Å²) in [6, 6.07) is 12.1. The van der Waals surface area contributed by atoms with E-state index in [-0.39, 0.29) is 22.8 Å². The number of carbonyl (C=O) groups is 2. The molecule has 1 amide bonds. The first kappa shape index (κ1) is 24.1. The van der Waals surface area contributed by atoms with Crippen LogP contribution in [0.4, 0.5) is 5.69 Å². The minimum Gasteiger partial charge on any atom is -0.495 e. The van der Waals surface area contributed by atoms with Crippen molar-refractivity contribution in [3.8, 4) is 5.75 Å². The monoisotopic (exact) mass is 486 g/mol. The molecule has 0 spiro atoms. The smallest absolute Gasteiger partial charge is 0.328 e. The zero-order valence-corrected chi connectivity index (χ0v) is 20.5. The number of hydrogen-bond donors (Lipinski definition) is 0. The van der Waals surface area contributed by atoms with E-state index in [9.17, 15) is 18.0 Å². The third-order valence-corrected chi connectivity index (χ3v) is 8.77. The van der Waals surface area contributed by atoms with Crippen molar-refractivity contribution in [3.63, 3.8) is 0 Å². The van der Waals surface area contributed by atoms with E-state index in [4.69, 9.17) is 9.47 Å². The standard InChI is InChI=1S/C25H30N2O6S/c1-26(21-10-6-7-11-23(21)32-2)34(30,31)19-14-12-17(13-15-19)24(28)27-20-9-5-4-8-18(20)16-22(27)25(29)33-3/h6-7,10-15,18,20,22H,4-5,8-9,16H2,1-3H3/t18-,20-,22+/m1/s1. The average Bonchev–Trinajstić information content (AvgIpc) is 3.27. The number of amides is 1. The summed E-state index contributed by atoms with van der Waals surface area (Å²) in [7, 11) is 0.401. The zero-order valence-electron chi connectivity index (χ0n) is 19.6. The Hall–Kier alpha value is -3.07. The van der Waals surface area contributed by atoms with Crippen molar-refractivity contribution in [2.75, 3.05) is 25.6 Å². The van der Waals surface area contributed by atoms with Gasteiger partial charge in [-0.05, 0) is 61.6 Å². The number of rotatable bonds is 6. The Labute approximate surface area is 200 Å². The number of hydrogen-bond acceptors (Lipinski definition) is 6. The fourth-order valence-corrected chi connectivity index (χ4v) is 6.40. The molecule has 2 aliphatic rings. The van der Waals surface area contributed by atoms with Crippen LogP contribution < -0.4 is 9.04 Å². The van der Waals surface area contributed by atoms with E-state index in [2.05, 4.69) is 0 Å². The lowest BCUT2D eigenvalue weighted by molar-refractivity contribution is -0.145. The van der Waals surface area contributed by atoms with Crippen LogP contribution in [0.3, 0.4) is 0 Å². The summed E-state index contributed by atoms with van der Waals surface area (Å²) in [5.41, 5.74) is 0.755. The molecule has 182 valence electrons. The Morgan fingerprint density at radius 3 is 2.35 bits per heavy atom. The molecule has 0 unspecified atom stereocenters. The lowest BCUT2D eigenvalue weighted by Crippen LogP contribution is -2.46. The third kappa shape index (κ3) is 4.24. The SMILES string of the molecule is COC(=O)[C@@H]1C[C@H]2CCCC[C@H]2N1C(=O)c1ccc(S(=O)(=O)N(C)c2ccccc2OC)cc1. The summed E-state index contributed by atoms with van der Waals surface area (Å²) in [5.74, 6) is 0.0495. The van der Waals surface area contributed by atoms with Crippen molar-refractivity contribution in [1.29, 1.82) is 0 Å². The van der Waals surface area contributed by atoms with Gasteiger partial charge in [0.25, 0.3) is 15.9 Å². The maximum Gasteiger partial charge on any atom is 0.328 e. The van der Waals surface area contributed by atoms with Gasteiger partial charge in [-0.25, -0.2) is 13.2 Å². The van der Waals surface area contributed by atoms with Crippen molar-refractivity contribution in [3.05, 3.63) is 54.1 Å². The molecule has 1 aliphatic heterocycles.